The van der Waals surface area contributed by atoms with Crippen LogP contribution in [0.1, 0.15) is 45.4 Å². The minimum Gasteiger partial charge on any atom is -0.497 e. The highest BCUT2D eigenvalue weighted by Gasteiger charge is 2.56. The summed E-state index contributed by atoms with van der Waals surface area (Å²) in [6, 6.07) is 5.02. The summed E-state index contributed by atoms with van der Waals surface area (Å²) in [4.78, 5) is 31.8. The van der Waals surface area contributed by atoms with E-state index in [1.165, 1.54) is 29.8 Å². The largest absolute Gasteiger partial charge is 0.497 e. The SMILES string of the molecule is COc1ccc2ncn(CC3(O)CCN(C(=O)[C@H](C)CC(F)(F)F)CC34CCCC4)c(=O)c2c1. The number of rotatable bonds is 5. The van der Waals surface area contributed by atoms with Crippen molar-refractivity contribution in [3.8, 4) is 5.75 Å². The fourth-order valence-electron chi connectivity index (χ4n) is 5.69. The average molecular weight is 482 g/mol. The third kappa shape index (κ3) is 4.52. The third-order valence-corrected chi connectivity index (χ3v) is 7.57. The second-order valence-corrected chi connectivity index (χ2v) is 9.81. The summed E-state index contributed by atoms with van der Waals surface area (Å²) in [5.74, 6) is -1.19. The van der Waals surface area contributed by atoms with Gasteiger partial charge in [-0.05, 0) is 37.5 Å². The Balaban J connectivity index is 1.61. The zero-order chi connectivity index (χ0) is 24.7. The van der Waals surface area contributed by atoms with Crippen LogP contribution in [0.5, 0.6) is 5.75 Å². The van der Waals surface area contributed by atoms with Gasteiger partial charge in [0.1, 0.15) is 5.75 Å². The molecule has 10 heteroatoms. The smallest absolute Gasteiger partial charge is 0.389 e. The molecular weight excluding hydrogens is 451 g/mol. The number of methoxy groups -OCH3 is 1. The fourth-order valence-corrected chi connectivity index (χ4v) is 5.69. The number of aromatic nitrogens is 2. The lowest BCUT2D eigenvalue weighted by molar-refractivity contribution is -0.172. The molecule has 1 aromatic carbocycles. The van der Waals surface area contributed by atoms with Gasteiger partial charge in [0, 0.05) is 24.4 Å². The Hall–Kier alpha value is -2.62. The zero-order valence-electron chi connectivity index (χ0n) is 19.4. The summed E-state index contributed by atoms with van der Waals surface area (Å²) < 4.78 is 45.1. The fraction of sp³-hybridized carbons (Fsp3) is 0.625. The minimum atomic E-state index is -4.41. The Morgan fingerprint density at radius 3 is 2.62 bits per heavy atom. The highest BCUT2D eigenvalue weighted by molar-refractivity contribution is 5.79. The molecule has 1 N–H and O–H groups in total. The molecule has 1 unspecified atom stereocenters. The monoisotopic (exact) mass is 481 g/mol. The van der Waals surface area contributed by atoms with Crippen molar-refractivity contribution in [1.82, 2.24) is 14.5 Å². The molecule has 2 atom stereocenters. The Labute approximate surface area is 195 Å². The van der Waals surface area contributed by atoms with Crippen LogP contribution in [-0.2, 0) is 11.3 Å². The van der Waals surface area contributed by atoms with Crippen molar-refractivity contribution in [3.63, 3.8) is 0 Å². The van der Waals surface area contributed by atoms with E-state index in [2.05, 4.69) is 4.98 Å². The molecular formula is C24H30F3N3O4. The summed E-state index contributed by atoms with van der Waals surface area (Å²) in [5.41, 5.74) is -1.75. The number of aliphatic hydroxyl groups is 1. The van der Waals surface area contributed by atoms with Gasteiger partial charge in [0.15, 0.2) is 0 Å². The van der Waals surface area contributed by atoms with E-state index in [1.54, 1.807) is 18.2 Å². The van der Waals surface area contributed by atoms with Gasteiger partial charge in [-0.1, -0.05) is 19.8 Å². The van der Waals surface area contributed by atoms with Crippen molar-refractivity contribution >= 4 is 16.8 Å². The van der Waals surface area contributed by atoms with Crippen LogP contribution in [0.15, 0.2) is 29.3 Å². The number of nitrogens with zero attached hydrogens (tertiary/aromatic N) is 3. The summed E-state index contributed by atoms with van der Waals surface area (Å²) >= 11 is 0. The van der Waals surface area contributed by atoms with Gasteiger partial charge in [-0.2, -0.15) is 13.2 Å². The first-order valence-electron chi connectivity index (χ1n) is 11.6. The van der Waals surface area contributed by atoms with Crippen molar-refractivity contribution in [2.45, 2.75) is 63.8 Å². The van der Waals surface area contributed by atoms with Gasteiger partial charge in [-0.25, -0.2) is 4.98 Å². The normalized spacial score (nSPS) is 23.4. The van der Waals surface area contributed by atoms with Gasteiger partial charge >= 0.3 is 6.18 Å². The molecule has 7 nitrogen and oxygen atoms in total. The molecule has 186 valence electrons. The molecule has 2 aliphatic rings. The van der Waals surface area contributed by atoms with Gasteiger partial charge < -0.3 is 14.7 Å². The van der Waals surface area contributed by atoms with Crippen LogP contribution >= 0.6 is 0 Å². The van der Waals surface area contributed by atoms with Crippen molar-refractivity contribution in [1.29, 1.82) is 0 Å². The maximum absolute atomic E-state index is 13.2. The highest BCUT2D eigenvalue weighted by atomic mass is 19.4. The Kier molecular flexibility index (Phi) is 6.39. The van der Waals surface area contributed by atoms with Gasteiger partial charge in [-0.15, -0.1) is 0 Å². The number of halogens is 3. The number of amides is 1. The maximum atomic E-state index is 13.2. The van der Waals surface area contributed by atoms with Crippen LogP contribution in [0.3, 0.4) is 0 Å². The van der Waals surface area contributed by atoms with Gasteiger partial charge in [0.2, 0.25) is 5.91 Å². The number of carbonyl (C=O) groups excluding carboxylic acids is 1. The Morgan fingerprint density at radius 2 is 1.97 bits per heavy atom. The number of carbonyl (C=O) groups is 1. The van der Waals surface area contributed by atoms with E-state index in [1.807, 2.05) is 0 Å². The summed E-state index contributed by atoms with van der Waals surface area (Å²) in [5, 5.41) is 12.2. The molecule has 1 aliphatic heterocycles. The van der Waals surface area contributed by atoms with Gasteiger partial charge in [0.25, 0.3) is 5.56 Å². The number of piperidine rings is 1. The van der Waals surface area contributed by atoms with Crippen molar-refractivity contribution in [3.05, 3.63) is 34.9 Å². The van der Waals surface area contributed by atoms with Crippen molar-refractivity contribution in [2.75, 3.05) is 20.2 Å². The molecule has 0 radical (unpaired) electrons. The molecule has 34 heavy (non-hydrogen) atoms. The van der Waals surface area contributed by atoms with E-state index in [0.29, 0.717) is 29.5 Å². The van der Waals surface area contributed by atoms with E-state index < -0.39 is 35.4 Å². The first-order valence-corrected chi connectivity index (χ1v) is 11.6. The second-order valence-electron chi connectivity index (χ2n) is 9.81. The number of hydrogen-bond donors (Lipinski definition) is 1. The van der Waals surface area contributed by atoms with Gasteiger partial charge in [-0.3, -0.25) is 14.2 Å². The zero-order valence-corrected chi connectivity index (χ0v) is 19.4. The van der Waals surface area contributed by atoms with E-state index in [4.69, 9.17) is 4.74 Å². The standard InChI is InChI=1S/C24H30F3N3O4/c1-16(12-24(25,26)27)20(31)29-10-9-23(33,22(13-29)7-3-4-8-22)14-30-15-28-19-6-5-17(34-2)11-18(19)21(30)32/h5-6,11,15-16,33H,3-4,7-10,12-14H2,1-2H3/t16-,23?/m1/s1. The average Bonchev–Trinajstić information content (AvgIpc) is 3.26. The number of alkyl halides is 3. The molecule has 1 aromatic heterocycles. The highest BCUT2D eigenvalue weighted by Crippen LogP contribution is 2.51. The lowest BCUT2D eigenvalue weighted by Gasteiger charge is -2.52. The summed E-state index contributed by atoms with van der Waals surface area (Å²) in [7, 11) is 1.51. The molecule has 1 saturated heterocycles. The van der Waals surface area contributed by atoms with Crippen LogP contribution in [-0.4, -0.2) is 57.4 Å². The van der Waals surface area contributed by atoms with E-state index in [-0.39, 0.29) is 31.6 Å². The second kappa shape index (κ2) is 8.87. The first-order chi connectivity index (χ1) is 16.0. The lowest BCUT2D eigenvalue weighted by Crippen LogP contribution is -2.62. The Bertz CT molecular complexity index is 1130. The predicted molar refractivity (Wildman–Crippen MR) is 119 cm³/mol. The molecule has 4 rings (SSSR count). The van der Waals surface area contributed by atoms with Crippen LogP contribution in [0.2, 0.25) is 0 Å². The quantitative estimate of drug-likeness (QED) is 0.707. The third-order valence-electron chi connectivity index (χ3n) is 7.57. The summed E-state index contributed by atoms with van der Waals surface area (Å²) in [6.45, 7) is 1.63. The predicted octanol–water partition coefficient (Wildman–Crippen LogP) is 3.52. The molecule has 1 spiro atoms. The van der Waals surface area contributed by atoms with Crippen LogP contribution < -0.4 is 10.3 Å². The molecule has 2 fully saturated rings. The number of hydrogen-bond acceptors (Lipinski definition) is 5. The Morgan fingerprint density at radius 1 is 1.26 bits per heavy atom. The first kappa shape index (κ1) is 24.5. The summed E-state index contributed by atoms with van der Waals surface area (Å²) in [6.07, 6.45) is -0.990. The molecule has 0 bridgehead atoms. The molecule has 2 heterocycles. The maximum Gasteiger partial charge on any atom is 0.389 e. The minimum absolute atomic E-state index is 0.00607. The molecule has 2 aromatic rings. The number of benzene rings is 1. The van der Waals surface area contributed by atoms with Crippen molar-refractivity contribution < 1.29 is 27.8 Å². The van der Waals surface area contributed by atoms with Crippen molar-refractivity contribution in [2.24, 2.45) is 11.3 Å². The van der Waals surface area contributed by atoms with Crippen LogP contribution in [0, 0.1) is 11.3 Å². The molecule has 1 saturated carbocycles. The van der Waals surface area contributed by atoms with Crippen LogP contribution in [0.25, 0.3) is 10.9 Å². The number of ether oxygens (including phenoxy) is 1. The van der Waals surface area contributed by atoms with E-state index >= 15 is 0 Å². The van der Waals surface area contributed by atoms with Crippen LogP contribution in [0.4, 0.5) is 13.2 Å². The van der Waals surface area contributed by atoms with E-state index in [0.717, 1.165) is 12.8 Å². The topological polar surface area (TPSA) is 84.7 Å². The van der Waals surface area contributed by atoms with Gasteiger partial charge in [0.05, 0.1) is 42.9 Å². The molecule has 1 amide bonds. The lowest BCUT2D eigenvalue weighted by atomic mass is 9.65. The molecule has 1 aliphatic carbocycles. The number of likely N-dealkylation sites (tertiary alicyclic amines) is 1. The number of fused-ring (bicyclic) bond motifs is 1. The van der Waals surface area contributed by atoms with E-state index in [9.17, 15) is 27.9 Å².